The fraction of sp³-hybridized carbons (Fsp3) is 0.875. The summed E-state index contributed by atoms with van der Waals surface area (Å²) in [5, 5.41) is 8.34. The van der Waals surface area contributed by atoms with Crippen molar-refractivity contribution in [3.63, 3.8) is 0 Å². The van der Waals surface area contributed by atoms with Crippen molar-refractivity contribution in [2.45, 2.75) is 20.3 Å². The predicted molar refractivity (Wildman–Crippen MR) is 51.5 cm³/mol. The second-order valence-corrected chi connectivity index (χ2v) is 5.41. The van der Waals surface area contributed by atoms with Crippen LogP contribution in [0.5, 0.6) is 0 Å². The van der Waals surface area contributed by atoms with Crippen molar-refractivity contribution in [2.24, 2.45) is 5.92 Å². The number of hydrogen-bond acceptors (Lipinski definition) is 3. The Labute approximate surface area is 80.2 Å². The molecule has 4 nitrogen and oxygen atoms in total. The molecule has 0 aromatic rings. The van der Waals surface area contributed by atoms with E-state index in [-0.39, 0.29) is 12.3 Å². The second-order valence-electron chi connectivity index (χ2n) is 3.42. The second kappa shape index (κ2) is 5.20. The van der Waals surface area contributed by atoms with Gasteiger partial charge in [-0.05, 0) is 5.92 Å². The molecule has 76 valence electrons. The molecule has 0 radical (unpaired) electrons. The molecular formula is C8H16N2O2S. The summed E-state index contributed by atoms with van der Waals surface area (Å²) in [6, 6.07) is 1.94. The smallest absolute Gasteiger partial charge is 0.211 e. The first-order chi connectivity index (χ1) is 5.88. The first-order valence-electron chi connectivity index (χ1n) is 4.20. The largest absolute Gasteiger partial charge is 0.213 e. The van der Waals surface area contributed by atoms with Crippen LogP contribution < -0.4 is 0 Å². The molecule has 0 aliphatic rings. The summed E-state index contributed by atoms with van der Waals surface area (Å²) in [6.07, 6.45) is 1.42. The lowest BCUT2D eigenvalue weighted by Crippen LogP contribution is -2.34. The summed E-state index contributed by atoms with van der Waals surface area (Å²) in [5.41, 5.74) is 0. The van der Waals surface area contributed by atoms with Crippen molar-refractivity contribution in [1.82, 2.24) is 4.31 Å². The Kier molecular flexibility index (Phi) is 4.96. The van der Waals surface area contributed by atoms with Crippen molar-refractivity contribution >= 4 is 10.0 Å². The third kappa shape index (κ3) is 5.61. The van der Waals surface area contributed by atoms with E-state index in [2.05, 4.69) is 0 Å². The lowest BCUT2D eigenvalue weighted by Gasteiger charge is -2.20. The van der Waals surface area contributed by atoms with Crippen LogP contribution >= 0.6 is 0 Å². The predicted octanol–water partition coefficient (Wildman–Crippen LogP) is 0.818. The van der Waals surface area contributed by atoms with Crippen LogP contribution in [0, 0.1) is 17.2 Å². The van der Waals surface area contributed by atoms with E-state index >= 15 is 0 Å². The van der Waals surface area contributed by atoms with Crippen molar-refractivity contribution in [2.75, 3.05) is 19.3 Å². The maximum atomic E-state index is 11.2. The molecule has 0 spiro atoms. The maximum Gasteiger partial charge on any atom is 0.211 e. The van der Waals surface area contributed by atoms with Crippen LogP contribution in [0.25, 0.3) is 0 Å². The zero-order valence-corrected chi connectivity index (χ0v) is 9.13. The third-order valence-corrected chi connectivity index (χ3v) is 2.78. The van der Waals surface area contributed by atoms with Gasteiger partial charge in [0.15, 0.2) is 0 Å². The van der Waals surface area contributed by atoms with Crippen molar-refractivity contribution < 1.29 is 8.42 Å². The third-order valence-electron chi connectivity index (χ3n) is 1.51. The van der Waals surface area contributed by atoms with Crippen LogP contribution in [0.1, 0.15) is 20.3 Å². The Bertz CT molecular complexity index is 277. The van der Waals surface area contributed by atoms with Gasteiger partial charge in [0.1, 0.15) is 0 Å². The first kappa shape index (κ1) is 12.4. The van der Waals surface area contributed by atoms with Crippen LogP contribution in [-0.4, -0.2) is 32.1 Å². The summed E-state index contributed by atoms with van der Waals surface area (Å²) < 4.78 is 23.7. The molecule has 0 aromatic heterocycles. The number of nitriles is 1. The summed E-state index contributed by atoms with van der Waals surface area (Å²) in [5.74, 6) is 0.286. The number of rotatable bonds is 5. The van der Waals surface area contributed by atoms with Gasteiger partial charge in [0, 0.05) is 19.5 Å². The standard InChI is InChI=1S/C8H16N2O2S/c1-8(2)7-10(6-4-5-9)13(3,11)12/h8H,4,6-7H2,1-3H3. The van der Waals surface area contributed by atoms with Crippen molar-refractivity contribution in [3.8, 4) is 6.07 Å². The van der Waals surface area contributed by atoms with Gasteiger partial charge in [0.2, 0.25) is 10.0 Å². The Morgan fingerprint density at radius 1 is 1.46 bits per heavy atom. The van der Waals surface area contributed by atoms with Gasteiger partial charge in [-0.15, -0.1) is 0 Å². The Morgan fingerprint density at radius 2 is 2.00 bits per heavy atom. The van der Waals surface area contributed by atoms with Crippen LogP contribution in [0.4, 0.5) is 0 Å². The fourth-order valence-corrected chi connectivity index (χ4v) is 1.97. The molecule has 0 aliphatic carbocycles. The van der Waals surface area contributed by atoms with Crippen LogP contribution in [0.2, 0.25) is 0 Å². The minimum atomic E-state index is -3.15. The van der Waals surface area contributed by atoms with Crippen molar-refractivity contribution in [1.29, 1.82) is 5.26 Å². The summed E-state index contributed by atoms with van der Waals surface area (Å²) in [7, 11) is -3.15. The van der Waals surface area contributed by atoms with Gasteiger partial charge >= 0.3 is 0 Å². The highest BCUT2D eigenvalue weighted by Gasteiger charge is 2.16. The molecule has 5 heteroatoms. The van der Waals surface area contributed by atoms with E-state index < -0.39 is 10.0 Å². The molecule has 0 rings (SSSR count). The molecule has 0 unspecified atom stereocenters. The number of nitrogens with zero attached hydrogens (tertiary/aromatic N) is 2. The molecule has 0 amide bonds. The lowest BCUT2D eigenvalue weighted by atomic mass is 10.2. The molecule has 0 aromatic carbocycles. The Hall–Kier alpha value is -0.600. The van der Waals surface area contributed by atoms with Gasteiger partial charge in [-0.1, -0.05) is 13.8 Å². The van der Waals surface area contributed by atoms with Gasteiger partial charge < -0.3 is 0 Å². The van der Waals surface area contributed by atoms with E-state index in [1.165, 1.54) is 10.6 Å². The maximum absolute atomic E-state index is 11.2. The molecule has 0 atom stereocenters. The average molecular weight is 204 g/mol. The molecular weight excluding hydrogens is 188 g/mol. The number of hydrogen-bond donors (Lipinski definition) is 0. The topological polar surface area (TPSA) is 61.2 Å². The van der Waals surface area contributed by atoms with Crippen molar-refractivity contribution in [3.05, 3.63) is 0 Å². The summed E-state index contributed by atoms with van der Waals surface area (Å²) in [6.45, 7) is 4.68. The highest BCUT2D eigenvalue weighted by atomic mass is 32.2. The van der Waals surface area contributed by atoms with E-state index in [1.54, 1.807) is 0 Å². The Balaban J connectivity index is 4.31. The molecule has 0 saturated carbocycles. The summed E-state index contributed by atoms with van der Waals surface area (Å²) >= 11 is 0. The van der Waals surface area contributed by atoms with E-state index in [1.807, 2.05) is 19.9 Å². The average Bonchev–Trinajstić information content (AvgIpc) is 1.95. The van der Waals surface area contributed by atoms with Gasteiger partial charge in [0.25, 0.3) is 0 Å². The number of sulfonamides is 1. The van der Waals surface area contributed by atoms with Crippen LogP contribution in [0.15, 0.2) is 0 Å². The SMILES string of the molecule is CC(C)CN(CCC#N)S(C)(=O)=O. The Morgan fingerprint density at radius 3 is 2.31 bits per heavy atom. The molecule has 0 fully saturated rings. The highest BCUT2D eigenvalue weighted by Crippen LogP contribution is 2.04. The zero-order valence-electron chi connectivity index (χ0n) is 8.32. The molecule has 0 heterocycles. The van der Waals surface area contributed by atoms with E-state index in [9.17, 15) is 8.42 Å². The zero-order chi connectivity index (χ0) is 10.5. The normalized spacial score (nSPS) is 12.0. The summed E-state index contributed by atoms with van der Waals surface area (Å²) in [4.78, 5) is 0. The molecule has 0 aliphatic heterocycles. The van der Waals surface area contributed by atoms with E-state index in [0.717, 1.165) is 0 Å². The monoisotopic (exact) mass is 204 g/mol. The van der Waals surface area contributed by atoms with Gasteiger partial charge in [0.05, 0.1) is 12.3 Å². The molecule has 13 heavy (non-hydrogen) atoms. The highest BCUT2D eigenvalue weighted by molar-refractivity contribution is 7.88. The van der Waals surface area contributed by atoms with Gasteiger partial charge in [-0.2, -0.15) is 5.26 Å². The van der Waals surface area contributed by atoms with E-state index in [0.29, 0.717) is 13.1 Å². The lowest BCUT2D eigenvalue weighted by molar-refractivity contribution is 0.376. The van der Waals surface area contributed by atoms with Gasteiger partial charge in [-0.25, -0.2) is 12.7 Å². The van der Waals surface area contributed by atoms with Gasteiger partial charge in [-0.3, -0.25) is 0 Å². The van der Waals surface area contributed by atoms with E-state index in [4.69, 9.17) is 5.26 Å². The fourth-order valence-electron chi connectivity index (χ4n) is 0.974. The van der Waals surface area contributed by atoms with Crippen LogP contribution in [-0.2, 0) is 10.0 Å². The minimum absolute atomic E-state index is 0.250. The van der Waals surface area contributed by atoms with Crippen LogP contribution in [0.3, 0.4) is 0 Å². The molecule has 0 saturated heterocycles. The molecule has 0 bridgehead atoms. The minimum Gasteiger partial charge on any atom is -0.213 e. The first-order valence-corrected chi connectivity index (χ1v) is 6.05. The quantitative estimate of drug-likeness (QED) is 0.666. The molecule has 0 N–H and O–H groups in total.